The molecule has 3 unspecified atom stereocenters. The monoisotopic (exact) mass is 356 g/mol. The summed E-state index contributed by atoms with van der Waals surface area (Å²) in [5.41, 5.74) is 2.20. The van der Waals surface area contributed by atoms with Gasteiger partial charge < -0.3 is 14.3 Å². The van der Waals surface area contributed by atoms with Gasteiger partial charge in [0, 0.05) is 24.5 Å². The number of aromatic nitrogens is 2. The van der Waals surface area contributed by atoms with Crippen LogP contribution in [-0.4, -0.2) is 29.0 Å². The number of hydrogen-bond donors (Lipinski definition) is 1. The molecule has 2 aromatic rings. The topological polar surface area (TPSA) is 68.4 Å². The third-order valence-corrected chi connectivity index (χ3v) is 5.52. The Morgan fingerprint density at radius 2 is 1.96 bits per heavy atom. The quantitative estimate of drug-likeness (QED) is 0.788. The van der Waals surface area contributed by atoms with Crippen molar-refractivity contribution >= 4 is 0 Å². The predicted octanol–water partition coefficient (Wildman–Crippen LogP) is 4.13. The Bertz CT molecular complexity index is 749. The Hall–Kier alpha value is -2.14. The summed E-state index contributed by atoms with van der Waals surface area (Å²) in [6, 6.07) is 7.61. The number of hydrogen-bond acceptors (Lipinski definition) is 5. The minimum Gasteiger partial charge on any atom is -0.497 e. The van der Waals surface area contributed by atoms with Gasteiger partial charge in [-0.25, -0.2) is 0 Å². The van der Waals surface area contributed by atoms with Crippen molar-refractivity contribution < 1.29 is 14.3 Å². The fraction of sp³-hybridized carbons (Fsp3) is 0.524. The van der Waals surface area contributed by atoms with Crippen LogP contribution in [0.5, 0.6) is 5.75 Å². The van der Waals surface area contributed by atoms with E-state index in [1.165, 1.54) is 5.57 Å². The van der Waals surface area contributed by atoms with E-state index in [0.29, 0.717) is 29.5 Å². The lowest BCUT2D eigenvalue weighted by Crippen LogP contribution is -2.30. The number of methoxy groups -OCH3 is 1. The second-order valence-corrected chi connectivity index (χ2v) is 7.53. The van der Waals surface area contributed by atoms with Gasteiger partial charge in [-0.2, -0.15) is 0 Å². The van der Waals surface area contributed by atoms with E-state index in [0.717, 1.165) is 24.2 Å². The summed E-state index contributed by atoms with van der Waals surface area (Å²) in [6.07, 6.45) is 4.03. The summed E-state index contributed by atoms with van der Waals surface area (Å²) < 4.78 is 11.1. The van der Waals surface area contributed by atoms with Gasteiger partial charge in [-0.3, -0.25) is 0 Å². The van der Waals surface area contributed by atoms with Crippen LogP contribution in [0.25, 0.3) is 11.5 Å². The molecule has 1 aromatic carbocycles. The van der Waals surface area contributed by atoms with Gasteiger partial charge in [0.15, 0.2) is 0 Å². The van der Waals surface area contributed by atoms with Crippen molar-refractivity contribution in [1.29, 1.82) is 0 Å². The highest BCUT2D eigenvalue weighted by atomic mass is 16.5. The predicted molar refractivity (Wildman–Crippen MR) is 101 cm³/mol. The Balaban J connectivity index is 1.74. The first-order valence-electron chi connectivity index (χ1n) is 9.27. The maximum absolute atomic E-state index is 9.68. The number of benzene rings is 1. The van der Waals surface area contributed by atoms with Crippen molar-refractivity contribution in [3.05, 3.63) is 41.8 Å². The van der Waals surface area contributed by atoms with Gasteiger partial charge in [0.25, 0.3) is 0 Å². The van der Waals surface area contributed by atoms with Crippen molar-refractivity contribution in [2.75, 3.05) is 13.7 Å². The normalized spacial score (nSPS) is 23.2. The van der Waals surface area contributed by atoms with Gasteiger partial charge in [0.1, 0.15) is 5.75 Å². The SMILES string of the molecule is COc1ccc(-c2nnc(CC3CC(C(C)C)C(CO)C=C3C)o2)cc1. The average Bonchev–Trinajstić information content (AvgIpc) is 3.11. The molecule has 0 fully saturated rings. The van der Waals surface area contributed by atoms with E-state index >= 15 is 0 Å². The van der Waals surface area contributed by atoms with Crippen LogP contribution >= 0.6 is 0 Å². The summed E-state index contributed by atoms with van der Waals surface area (Å²) in [5, 5.41) is 18.1. The second-order valence-electron chi connectivity index (χ2n) is 7.53. The molecule has 1 aliphatic rings. The molecular weight excluding hydrogens is 328 g/mol. The fourth-order valence-electron chi connectivity index (χ4n) is 3.88. The molecular formula is C21H28N2O3. The Kier molecular flexibility index (Phi) is 5.77. The van der Waals surface area contributed by atoms with Crippen LogP contribution in [0.3, 0.4) is 0 Å². The van der Waals surface area contributed by atoms with Crippen LogP contribution in [0.1, 0.15) is 33.1 Å². The van der Waals surface area contributed by atoms with Crippen LogP contribution in [0.4, 0.5) is 0 Å². The smallest absolute Gasteiger partial charge is 0.247 e. The first kappa shape index (κ1) is 18.6. The Morgan fingerprint density at radius 3 is 2.58 bits per heavy atom. The number of nitrogens with zero attached hydrogens (tertiary/aromatic N) is 2. The summed E-state index contributed by atoms with van der Waals surface area (Å²) in [6.45, 7) is 6.82. The van der Waals surface area contributed by atoms with Gasteiger partial charge in [-0.15, -0.1) is 10.2 Å². The number of rotatable bonds is 6. The molecule has 0 aliphatic heterocycles. The number of allylic oxidation sites excluding steroid dienone is 1. The van der Waals surface area contributed by atoms with Crippen LogP contribution < -0.4 is 4.74 Å². The molecule has 3 atom stereocenters. The van der Waals surface area contributed by atoms with Gasteiger partial charge in [-0.1, -0.05) is 25.5 Å². The van der Waals surface area contributed by atoms with Crippen LogP contribution in [-0.2, 0) is 6.42 Å². The van der Waals surface area contributed by atoms with E-state index in [4.69, 9.17) is 9.15 Å². The van der Waals surface area contributed by atoms with Crippen LogP contribution in [0.15, 0.2) is 40.3 Å². The highest BCUT2D eigenvalue weighted by molar-refractivity contribution is 5.53. The number of aliphatic hydroxyl groups is 1. The molecule has 140 valence electrons. The third-order valence-electron chi connectivity index (χ3n) is 5.52. The molecule has 0 spiro atoms. The molecule has 5 heteroatoms. The van der Waals surface area contributed by atoms with E-state index in [-0.39, 0.29) is 12.5 Å². The summed E-state index contributed by atoms with van der Waals surface area (Å²) >= 11 is 0. The summed E-state index contributed by atoms with van der Waals surface area (Å²) in [4.78, 5) is 0. The zero-order valence-electron chi connectivity index (χ0n) is 16.0. The van der Waals surface area contributed by atoms with Crippen molar-refractivity contribution in [2.45, 2.75) is 33.6 Å². The van der Waals surface area contributed by atoms with Crippen LogP contribution in [0.2, 0.25) is 0 Å². The third kappa shape index (κ3) is 3.98. The molecule has 0 bridgehead atoms. The van der Waals surface area contributed by atoms with E-state index in [1.807, 2.05) is 24.3 Å². The zero-order valence-corrected chi connectivity index (χ0v) is 16.0. The molecule has 1 heterocycles. The molecule has 1 aliphatic carbocycles. The molecule has 5 nitrogen and oxygen atoms in total. The van der Waals surface area contributed by atoms with Gasteiger partial charge in [-0.05, 0) is 55.4 Å². The van der Waals surface area contributed by atoms with E-state index in [1.54, 1.807) is 7.11 Å². The maximum Gasteiger partial charge on any atom is 0.247 e. The highest BCUT2D eigenvalue weighted by Crippen LogP contribution is 2.38. The molecule has 0 saturated heterocycles. The van der Waals surface area contributed by atoms with E-state index in [9.17, 15) is 5.11 Å². The van der Waals surface area contributed by atoms with E-state index in [2.05, 4.69) is 37.0 Å². The van der Waals surface area contributed by atoms with Crippen LogP contribution in [0, 0.1) is 23.7 Å². The molecule has 26 heavy (non-hydrogen) atoms. The second kappa shape index (κ2) is 8.04. The standard InChI is InChI=1S/C21H28N2O3/c1-13(2)19-10-16(14(3)9-17(19)12-24)11-20-22-23-21(26-20)15-5-7-18(25-4)8-6-15/h5-9,13,16-17,19,24H,10-12H2,1-4H3. The molecule has 1 aromatic heterocycles. The fourth-order valence-corrected chi connectivity index (χ4v) is 3.88. The van der Waals surface area contributed by atoms with Crippen molar-refractivity contribution in [3.8, 4) is 17.2 Å². The highest BCUT2D eigenvalue weighted by Gasteiger charge is 2.32. The molecule has 1 N–H and O–H groups in total. The Morgan fingerprint density at radius 1 is 1.23 bits per heavy atom. The molecule has 0 saturated carbocycles. The van der Waals surface area contributed by atoms with Crippen molar-refractivity contribution in [3.63, 3.8) is 0 Å². The number of aliphatic hydroxyl groups excluding tert-OH is 1. The van der Waals surface area contributed by atoms with Crippen molar-refractivity contribution in [1.82, 2.24) is 10.2 Å². The Labute approximate surface area is 155 Å². The average molecular weight is 356 g/mol. The lowest BCUT2D eigenvalue weighted by atomic mass is 9.70. The summed E-state index contributed by atoms with van der Waals surface area (Å²) in [5.74, 6) is 3.66. The van der Waals surface area contributed by atoms with Crippen molar-refractivity contribution in [2.24, 2.45) is 23.7 Å². The van der Waals surface area contributed by atoms with Gasteiger partial charge >= 0.3 is 0 Å². The maximum atomic E-state index is 9.68. The minimum absolute atomic E-state index is 0.217. The largest absolute Gasteiger partial charge is 0.497 e. The first-order valence-corrected chi connectivity index (χ1v) is 9.27. The molecule has 0 amide bonds. The zero-order chi connectivity index (χ0) is 18.7. The lowest BCUT2D eigenvalue weighted by Gasteiger charge is -2.36. The van der Waals surface area contributed by atoms with Gasteiger partial charge in [0.05, 0.1) is 7.11 Å². The number of ether oxygens (including phenoxy) is 1. The lowest BCUT2D eigenvalue weighted by molar-refractivity contribution is 0.147. The van der Waals surface area contributed by atoms with Gasteiger partial charge in [0.2, 0.25) is 11.8 Å². The summed E-state index contributed by atoms with van der Waals surface area (Å²) in [7, 11) is 1.64. The molecule has 0 radical (unpaired) electrons. The van der Waals surface area contributed by atoms with E-state index < -0.39 is 0 Å². The molecule has 3 rings (SSSR count). The first-order chi connectivity index (χ1) is 12.5. The minimum atomic E-state index is 0.217.